The lowest BCUT2D eigenvalue weighted by molar-refractivity contribution is -0.137. The van der Waals surface area contributed by atoms with Crippen molar-refractivity contribution in [3.05, 3.63) is 36.0 Å². The molecular formula is C26H35FN2O3. The summed E-state index contributed by atoms with van der Waals surface area (Å²) in [4.78, 5) is 18.1. The van der Waals surface area contributed by atoms with Gasteiger partial charge in [0.2, 0.25) is 0 Å². The summed E-state index contributed by atoms with van der Waals surface area (Å²) in [5.41, 5.74) is 1.44. The monoisotopic (exact) mass is 442 g/mol. The Balaban J connectivity index is 1.40. The van der Waals surface area contributed by atoms with Crippen LogP contribution < -0.4 is 4.74 Å². The quantitative estimate of drug-likeness (QED) is 0.516. The van der Waals surface area contributed by atoms with E-state index in [1.54, 1.807) is 19.4 Å². The molecule has 0 spiro atoms. The molecule has 2 aromatic rings. The molecule has 5 nitrogen and oxygen atoms in total. The third kappa shape index (κ3) is 5.58. The van der Waals surface area contributed by atoms with Crippen molar-refractivity contribution in [3.63, 3.8) is 0 Å². The van der Waals surface area contributed by atoms with E-state index in [2.05, 4.69) is 9.88 Å². The molecule has 1 aliphatic heterocycles. The summed E-state index contributed by atoms with van der Waals surface area (Å²) < 4.78 is 20.7. The van der Waals surface area contributed by atoms with Gasteiger partial charge in [0.25, 0.3) is 0 Å². The molecule has 4 rings (SSSR count). The van der Waals surface area contributed by atoms with Gasteiger partial charge in [-0.15, -0.1) is 0 Å². The van der Waals surface area contributed by atoms with E-state index in [4.69, 9.17) is 4.74 Å². The number of alkyl halides is 1. The highest BCUT2D eigenvalue weighted by Gasteiger charge is 2.32. The number of fused-ring (bicyclic) bond motifs is 1. The number of hydrogen-bond acceptors (Lipinski definition) is 4. The van der Waals surface area contributed by atoms with E-state index >= 15 is 4.39 Å². The normalized spacial score (nSPS) is 23.1. The summed E-state index contributed by atoms with van der Waals surface area (Å²) in [5, 5.41) is 10.0. The minimum Gasteiger partial charge on any atom is -0.497 e. The zero-order valence-electron chi connectivity index (χ0n) is 19.0. The van der Waals surface area contributed by atoms with Gasteiger partial charge in [0.1, 0.15) is 11.9 Å². The van der Waals surface area contributed by atoms with Gasteiger partial charge in [-0.1, -0.05) is 6.42 Å². The van der Waals surface area contributed by atoms with Gasteiger partial charge in [-0.05, 0) is 92.7 Å². The molecule has 2 heterocycles. The summed E-state index contributed by atoms with van der Waals surface area (Å²) in [7, 11) is 1.61. The molecule has 174 valence electrons. The van der Waals surface area contributed by atoms with Crippen LogP contribution in [0.2, 0.25) is 0 Å². The van der Waals surface area contributed by atoms with Crippen LogP contribution in [-0.4, -0.2) is 47.7 Å². The number of rotatable bonds is 10. The fourth-order valence-corrected chi connectivity index (χ4v) is 5.44. The van der Waals surface area contributed by atoms with E-state index < -0.39 is 12.1 Å². The maximum atomic E-state index is 15.4. The SMILES string of the molecule is COc1ccc2nccc(C(F)CC[C@@H]3CCN(CC4CCC4)C[C@@H]3CCC(=O)O)c2c1. The van der Waals surface area contributed by atoms with Crippen LogP contribution in [0.25, 0.3) is 10.9 Å². The number of halogens is 1. The van der Waals surface area contributed by atoms with Crippen LogP contribution >= 0.6 is 0 Å². The highest BCUT2D eigenvalue weighted by Crippen LogP contribution is 2.37. The van der Waals surface area contributed by atoms with Crippen molar-refractivity contribution in [2.75, 3.05) is 26.7 Å². The molecule has 1 aliphatic carbocycles. The first-order valence-electron chi connectivity index (χ1n) is 12.0. The van der Waals surface area contributed by atoms with Crippen LogP contribution in [0.3, 0.4) is 0 Å². The molecule has 1 N–H and O–H groups in total. The summed E-state index contributed by atoms with van der Waals surface area (Å²) in [6.45, 7) is 3.16. The van der Waals surface area contributed by atoms with Gasteiger partial charge < -0.3 is 14.7 Å². The molecule has 1 unspecified atom stereocenters. The van der Waals surface area contributed by atoms with E-state index in [1.165, 1.54) is 19.3 Å². The summed E-state index contributed by atoms with van der Waals surface area (Å²) in [6, 6.07) is 7.34. The number of pyridine rings is 1. The van der Waals surface area contributed by atoms with Crippen molar-refractivity contribution in [2.45, 2.75) is 57.5 Å². The van der Waals surface area contributed by atoms with E-state index in [9.17, 15) is 9.90 Å². The maximum Gasteiger partial charge on any atom is 0.303 e. The molecule has 6 heteroatoms. The molecular weight excluding hydrogens is 407 g/mol. The topological polar surface area (TPSA) is 62.7 Å². The molecule has 0 bridgehead atoms. The van der Waals surface area contributed by atoms with Gasteiger partial charge in [-0.2, -0.15) is 0 Å². The molecule has 32 heavy (non-hydrogen) atoms. The van der Waals surface area contributed by atoms with Crippen molar-refractivity contribution in [2.24, 2.45) is 17.8 Å². The Labute approximate surface area is 190 Å². The van der Waals surface area contributed by atoms with Gasteiger partial charge in [-0.3, -0.25) is 9.78 Å². The Kier molecular flexibility index (Phi) is 7.61. The smallest absolute Gasteiger partial charge is 0.303 e. The number of carboxylic acids is 1. The van der Waals surface area contributed by atoms with Gasteiger partial charge in [0.15, 0.2) is 0 Å². The second kappa shape index (κ2) is 10.6. The summed E-state index contributed by atoms with van der Waals surface area (Å²) in [5.74, 6) is 1.50. The number of methoxy groups -OCH3 is 1. The number of aromatic nitrogens is 1. The van der Waals surface area contributed by atoms with Crippen LogP contribution in [0, 0.1) is 17.8 Å². The molecule has 1 saturated heterocycles. The molecule has 1 aromatic carbocycles. The van der Waals surface area contributed by atoms with E-state index in [0.717, 1.165) is 49.3 Å². The number of piperidine rings is 1. The van der Waals surface area contributed by atoms with E-state index in [0.29, 0.717) is 36.0 Å². The number of ether oxygens (including phenoxy) is 1. The predicted octanol–water partition coefficient (Wildman–Crippen LogP) is 5.64. The molecule has 3 atom stereocenters. The van der Waals surface area contributed by atoms with Gasteiger partial charge in [-0.25, -0.2) is 4.39 Å². The van der Waals surface area contributed by atoms with Crippen molar-refractivity contribution >= 4 is 16.9 Å². The summed E-state index contributed by atoms with van der Waals surface area (Å²) >= 11 is 0. The lowest BCUT2D eigenvalue weighted by Gasteiger charge is -2.41. The average Bonchev–Trinajstić information content (AvgIpc) is 2.78. The fourth-order valence-electron chi connectivity index (χ4n) is 5.44. The Morgan fingerprint density at radius 3 is 2.81 bits per heavy atom. The number of benzene rings is 1. The zero-order chi connectivity index (χ0) is 22.5. The van der Waals surface area contributed by atoms with E-state index in [1.807, 2.05) is 18.2 Å². The van der Waals surface area contributed by atoms with Gasteiger partial charge in [0.05, 0.1) is 12.6 Å². The first-order chi connectivity index (χ1) is 15.5. The number of carbonyl (C=O) groups is 1. The zero-order valence-corrected chi connectivity index (χ0v) is 19.0. The van der Waals surface area contributed by atoms with Crippen molar-refractivity contribution in [1.82, 2.24) is 9.88 Å². The largest absolute Gasteiger partial charge is 0.497 e. The minimum atomic E-state index is -1.07. The second-order valence-electron chi connectivity index (χ2n) is 9.63. The fraction of sp³-hybridized carbons (Fsp3) is 0.615. The lowest BCUT2D eigenvalue weighted by atomic mass is 9.78. The molecule has 0 radical (unpaired) electrons. The first kappa shape index (κ1) is 23.0. The average molecular weight is 443 g/mol. The third-order valence-electron chi connectivity index (χ3n) is 7.56. The van der Waals surface area contributed by atoms with Crippen LogP contribution in [0.15, 0.2) is 30.5 Å². The standard InChI is InChI=1S/C26H35FN2O3/c1-32-21-7-9-25-23(15-21)22(11-13-28-25)24(27)8-5-19-12-14-29(16-18-3-2-4-18)17-20(19)6-10-26(30)31/h7,9,11,13,15,18-20,24H,2-6,8,10,12,14,16-17H2,1H3,(H,30,31)/t19-,20+,24?/m1/s1. The second-order valence-corrected chi connectivity index (χ2v) is 9.63. The summed E-state index contributed by atoms with van der Waals surface area (Å²) in [6.07, 6.45) is 7.77. The number of likely N-dealkylation sites (tertiary alicyclic amines) is 1. The number of nitrogens with zero attached hydrogens (tertiary/aromatic N) is 2. The number of aliphatic carboxylic acids is 1. The predicted molar refractivity (Wildman–Crippen MR) is 124 cm³/mol. The lowest BCUT2D eigenvalue weighted by Crippen LogP contribution is -2.43. The number of carboxylic acid groups (broad SMARTS) is 1. The Morgan fingerprint density at radius 2 is 2.09 bits per heavy atom. The van der Waals surface area contributed by atoms with E-state index in [-0.39, 0.29) is 6.42 Å². The Morgan fingerprint density at radius 1 is 1.25 bits per heavy atom. The number of hydrogen-bond donors (Lipinski definition) is 1. The highest BCUT2D eigenvalue weighted by molar-refractivity contribution is 5.83. The molecule has 2 aliphatic rings. The van der Waals surface area contributed by atoms with Crippen LogP contribution in [0.5, 0.6) is 5.75 Å². The maximum absolute atomic E-state index is 15.4. The molecule has 1 saturated carbocycles. The Bertz CT molecular complexity index is 917. The molecule has 2 fully saturated rings. The van der Waals surface area contributed by atoms with Crippen molar-refractivity contribution in [1.29, 1.82) is 0 Å². The van der Waals surface area contributed by atoms with Crippen LogP contribution in [0.4, 0.5) is 4.39 Å². The minimum absolute atomic E-state index is 0.201. The van der Waals surface area contributed by atoms with Crippen LogP contribution in [0.1, 0.15) is 63.1 Å². The first-order valence-corrected chi connectivity index (χ1v) is 12.0. The van der Waals surface area contributed by atoms with Crippen molar-refractivity contribution in [3.8, 4) is 5.75 Å². The van der Waals surface area contributed by atoms with Gasteiger partial charge >= 0.3 is 5.97 Å². The molecule has 1 aromatic heterocycles. The highest BCUT2D eigenvalue weighted by atomic mass is 19.1. The third-order valence-corrected chi connectivity index (χ3v) is 7.56. The Hall–Kier alpha value is -2.21. The van der Waals surface area contributed by atoms with Gasteiger partial charge in [0, 0.05) is 31.1 Å². The molecule has 0 amide bonds. The van der Waals surface area contributed by atoms with Crippen molar-refractivity contribution < 1.29 is 19.0 Å². The van der Waals surface area contributed by atoms with Crippen LogP contribution in [-0.2, 0) is 4.79 Å².